The summed E-state index contributed by atoms with van der Waals surface area (Å²) in [7, 11) is -0.337. The number of rotatable bonds is 4. The zero-order valence-electron chi connectivity index (χ0n) is 22.1. The Kier molecular flexibility index (Phi) is 6.78. The van der Waals surface area contributed by atoms with Crippen LogP contribution in [0.15, 0.2) is 70.8 Å². The number of Topliss-reactive ketones (excluding diaryl/α,β-unsaturated/α-hetero) is 1. The molecule has 3 N–H and O–H groups in total. The summed E-state index contributed by atoms with van der Waals surface area (Å²) < 4.78 is 5.89. The number of nitrogens with zero attached hydrogens (tertiary/aromatic N) is 1. The van der Waals surface area contributed by atoms with Crippen LogP contribution in [0.5, 0.6) is 11.5 Å². The van der Waals surface area contributed by atoms with E-state index in [9.17, 15) is 34.3 Å². The first-order valence-electron chi connectivity index (χ1n) is 13.1. The third kappa shape index (κ3) is 4.20. The van der Waals surface area contributed by atoms with Gasteiger partial charge in [0.1, 0.15) is 0 Å². The average Bonchev–Trinajstić information content (AvgIpc) is 3.21. The van der Waals surface area contributed by atoms with Crippen LogP contribution in [0.2, 0.25) is 0 Å². The van der Waals surface area contributed by atoms with Crippen LogP contribution in [0.3, 0.4) is 0 Å². The van der Waals surface area contributed by atoms with Crippen LogP contribution in [0, 0.1) is 21.3 Å². The van der Waals surface area contributed by atoms with Gasteiger partial charge in [-0.2, -0.15) is 0 Å². The highest BCUT2D eigenvalue weighted by molar-refractivity contribution is 14.1. The summed E-state index contributed by atoms with van der Waals surface area (Å²) in [5, 5.41) is 29.8. The third-order valence-corrected chi connectivity index (χ3v) is 9.42. The number of benzene rings is 2. The number of hydrogen-bond acceptors (Lipinski definition) is 8. The number of allylic oxidation sites excluding steroid dienone is 6. The lowest BCUT2D eigenvalue weighted by Gasteiger charge is -2.42. The summed E-state index contributed by atoms with van der Waals surface area (Å²) in [5.74, 6) is -3.80. The van der Waals surface area contributed by atoms with Crippen molar-refractivity contribution >= 4 is 64.2 Å². The molecule has 4 atom stereocenters. The summed E-state index contributed by atoms with van der Waals surface area (Å²) in [6.45, 7) is 1.59. The van der Waals surface area contributed by atoms with Crippen molar-refractivity contribution in [1.29, 1.82) is 0 Å². The molecule has 0 aromatic heterocycles. The molecule has 0 spiro atoms. The van der Waals surface area contributed by atoms with E-state index in [0.717, 1.165) is 10.5 Å². The van der Waals surface area contributed by atoms with Gasteiger partial charge in [0.25, 0.3) is 0 Å². The van der Waals surface area contributed by atoms with Crippen LogP contribution in [0.4, 0.5) is 5.69 Å². The Hall–Kier alpha value is -3.55. The van der Waals surface area contributed by atoms with E-state index in [-0.39, 0.29) is 53.0 Å². The Labute approximate surface area is 249 Å². The molecule has 3 aliphatic carbocycles. The Balaban J connectivity index is 1.49. The molecular weight excluding hydrogens is 640 g/mol. The number of phenols is 1. The zero-order chi connectivity index (χ0) is 29.3. The molecule has 208 valence electrons. The van der Waals surface area contributed by atoms with Gasteiger partial charge in [0.2, 0.25) is 11.8 Å². The highest BCUT2D eigenvalue weighted by atomic mass is 127. The largest absolute Gasteiger partial charge is 0.504 e. The van der Waals surface area contributed by atoms with E-state index in [2.05, 4.69) is 0 Å². The Bertz CT molecular complexity index is 1660. The van der Waals surface area contributed by atoms with E-state index in [0.29, 0.717) is 25.9 Å². The van der Waals surface area contributed by atoms with Crippen LogP contribution < -0.4 is 15.1 Å². The Morgan fingerprint density at radius 2 is 1.80 bits per heavy atom. The van der Waals surface area contributed by atoms with E-state index in [1.165, 1.54) is 25.3 Å². The van der Waals surface area contributed by atoms with Gasteiger partial charge in [0, 0.05) is 22.6 Å². The molecule has 4 aliphatic rings. The Morgan fingerprint density at radius 1 is 1.05 bits per heavy atom. The molecule has 2 amide bonds. The van der Waals surface area contributed by atoms with Crippen LogP contribution in [0.25, 0.3) is 0 Å². The molecule has 0 unspecified atom stereocenters. The second-order valence-electron chi connectivity index (χ2n) is 10.8. The number of fused-ring (bicyclic) bond motifs is 3. The molecule has 0 saturated carbocycles. The molecule has 1 heterocycles. The van der Waals surface area contributed by atoms with Crippen LogP contribution in [0.1, 0.15) is 31.2 Å². The number of methoxy groups -OCH3 is 1. The number of amides is 2. The minimum atomic E-state index is -1.76. The minimum absolute atomic E-state index is 0.0414. The van der Waals surface area contributed by atoms with Crippen molar-refractivity contribution in [3.63, 3.8) is 0 Å². The fraction of sp³-hybridized carbons (Fsp3) is 0.267. The number of ketones is 2. The number of phenolic OH excluding ortho intramolecular Hbond substituents is 1. The molecule has 11 heteroatoms. The Morgan fingerprint density at radius 3 is 2.51 bits per heavy atom. The van der Waals surface area contributed by atoms with Gasteiger partial charge < -0.3 is 19.9 Å². The number of aromatic hydroxyl groups is 1. The highest BCUT2D eigenvalue weighted by Crippen LogP contribution is 2.56. The number of carbonyl (C=O) groups excluding carboxylic acids is 4. The smallest absolute Gasteiger partial charge is 0.488 e. The summed E-state index contributed by atoms with van der Waals surface area (Å²) in [6, 6.07) is 9.39. The van der Waals surface area contributed by atoms with E-state index in [1.807, 2.05) is 28.7 Å². The van der Waals surface area contributed by atoms with Crippen molar-refractivity contribution in [1.82, 2.24) is 0 Å². The van der Waals surface area contributed by atoms with E-state index >= 15 is 0 Å². The molecule has 1 fully saturated rings. The molecule has 9 nitrogen and oxygen atoms in total. The van der Waals surface area contributed by atoms with E-state index < -0.39 is 36.7 Å². The maximum absolute atomic E-state index is 14.0. The fourth-order valence-corrected chi connectivity index (χ4v) is 7.38. The number of imide groups is 1. The number of halogens is 1. The van der Waals surface area contributed by atoms with Crippen LogP contribution in [-0.2, 0) is 19.2 Å². The second kappa shape index (κ2) is 10.1. The fourth-order valence-electron chi connectivity index (χ4n) is 6.76. The first-order chi connectivity index (χ1) is 19.5. The van der Waals surface area contributed by atoms with Gasteiger partial charge in [-0.3, -0.25) is 24.1 Å². The molecule has 41 heavy (non-hydrogen) atoms. The van der Waals surface area contributed by atoms with Gasteiger partial charge in [0.05, 0.1) is 28.2 Å². The zero-order valence-corrected chi connectivity index (χ0v) is 24.3. The lowest BCUT2D eigenvalue weighted by molar-refractivity contribution is -0.123. The predicted molar refractivity (Wildman–Crippen MR) is 157 cm³/mol. The second-order valence-corrected chi connectivity index (χ2v) is 11.9. The van der Waals surface area contributed by atoms with Crippen molar-refractivity contribution in [3.05, 3.63) is 80.0 Å². The van der Waals surface area contributed by atoms with Crippen molar-refractivity contribution < 1.29 is 39.1 Å². The molecule has 0 bridgehead atoms. The maximum Gasteiger partial charge on any atom is 0.488 e. The maximum atomic E-state index is 14.0. The summed E-state index contributed by atoms with van der Waals surface area (Å²) in [6.07, 6.45) is 3.67. The van der Waals surface area contributed by atoms with Crippen molar-refractivity contribution in [2.75, 3.05) is 12.0 Å². The molecule has 1 aliphatic heterocycles. The molecular formula is C30H25BINO8. The summed E-state index contributed by atoms with van der Waals surface area (Å²) in [5.41, 5.74) is 2.82. The lowest BCUT2D eigenvalue weighted by Crippen LogP contribution is -2.40. The van der Waals surface area contributed by atoms with Gasteiger partial charge in [-0.1, -0.05) is 23.8 Å². The first-order valence-corrected chi connectivity index (χ1v) is 14.2. The third-order valence-electron chi connectivity index (χ3n) is 8.59. The normalized spacial score (nSPS) is 25.4. The van der Waals surface area contributed by atoms with Crippen LogP contribution >= 0.6 is 22.6 Å². The van der Waals surface area contributed by atoms with Gasteiger partial charge >= 0.3 is 7.12 Å². The van der Waals surface area contributed by atoms with E-state index in [1.54, 1.807) is 31.2 Å². The summed E-state index contributed by atoms with van der Waals surface area (Å²) >= 11 is 1.98. The SMILES string of the molecule is COc1cc([C@H]2C3=CC[C@@H]4C(=O)N(c5cccc(B(O)O)c5)C(=O)[C@@H]4[C@@H]3CC3=C2C(=O)C=C(C)C3=O)cc(I)c1O. The number of carbonyl (C=O) groups is 4. The summed E-state index contributed by atoms with van der Waals surface area (Å²) in [4.78, 5) is 55.7. The van der Waals surface area contributed by atoms with Crippen LogP contribution in [-0.4, -0.2) is 52.8 Å². The molecule has 1 saturated heterocycles. The number of hydrogen-bond donors (Lipinski definition) is 3. The quantitative estimate of drug-likeness (QED) is 0.149. The van der Waals surface area contributed by atoms with Gasteiger partial charge in [-0.25, -0.2) is 0 Å². The predicted octanol–water partition coefficient (Wildman–Crippen LogP) is 2.32. The van der Waals surface area contributed by atoms with Gasteiger partial charge in [-0.05, 0) is 89.6 Å². The van der Waals surface area contributed by atoms with Crippen molar-refractivity contribution in [3.8, 4) is 11.5 Å². The number of ether oxygens (including phenoxy) is 1. The van der Waals surface area contributed by atoms with Gasteiger partial charge in [-0.15, -0.1) is 0 Å². The first kappa shape index (κ1) is 27.6. The topological polar surface area (TPSA) is 141 Å². The van der Waals surface area contributed by atoms with Crippen molar-refractivity contribution in [2.24, 2.45) is 17.8 Å². The molecule has 2 aromatic carbocycles. The lowest BCUT2D eigenvalue weighted by atomic mass is 9.59. The van der Waals surface area contributed by atoms with Gasteiger partial charge in [0.15, 0.2) is 23.1 Å². The molecule has 2 aromatic rings. The highest BCUT2D eigenvalue weighted by Gasteiger charge is 2.56. The van der Waals surface area contributed by atoms with E-state index in [4.69, 9.17) is 4.74 Å². The molecule has 0 radical (unpaired) electrons. The minimum Gasteiger partial charge on any atom is -0.504 e. The number of anilines is 1. The standard InChI is InChI=1S/C30H25BINO8/c1-13-8-22(34)26-20(27(13)35)12-19-17(24(26)14-9-21(32)28(36)23(10-14)41-2)6-7-18-25(19)30(38)33(29(18)37)16-5-3-4-15(11-16)31(39)40/h3-6,8-11,18-19,24-25,36,39-40H,7,12H2,1-2H3/t18-,19+,24-,25-/m0/s1. The molecule has 6 rings (SSSR count). The average molecular weight is 665 g/mol. The monoisotopic (exact) mass is 665 g/mol. The van der Waals surface area contributed by atoms with Crippen molar-refractivity contribution in [2.45, 2.75) is 25.7 Å².